The summed E-state index contributed by atoms with van der Waals surface area (Å²) in [5, 5.41) is 11.3. The molecule has 7 heteroatoms. The van der Waals surface area contributed by atoms with Crippen LogP contribution in [0.5, 0.6) is 0 Å². The molecular formula is C11H22N2O4S. The zero-order valence-corrected chi connectivity index (χ0v) is 11.6. The first kappa shape index (κ1) is 15.4. The van der Waals surface area contributed by atoms with Crippen LogP contribution in [0.3, 0.4) is 0 Å². The second-order valence-electron chi connectivity index (χ2n) is 4.45. The Hall–Kier alpha value is -0.660. The number of aliphatic hydroxyl groups is 1. The highest BCUT2D eigenvalue weighted by molar-refractivity contribution is 7.89. The molecule has 0 spiro atoms. The number of sulfonamides is 1. The van der Waals surface area contributed by atoms with Crippen molar-refractivity contribution in [2.24, 2.45) is 0 Å². The standard InChI is InChI=1S/C11H22N2O4S/c1-2-9-18(16,17)13-7-3-5-10(13)11(15)12-6-4-8-14/h10,14H,2-9H2,1H3,(H,12,15). The van der Waals surface area contributed by atoms with Gasteiger partial charge in [-0.25, -0.2) is 8.42 Å². The van der Waals surface area contributed by atoms with Gasteiger partial charge < -0.3 is 10.4 Å². The van der Waals surface area contributed by atoms with E-state index in [2.05, 4.69) is 5.32 Å². The summed E-state index contributed by atoms with van der Waals surface area (Å²) in [5.41, 5.74) is 0. The van der Waals surface area contributed by atoms with Crippen LogP contribution in [0.4, 0.5) is 0 Å². The Morgan fingerprint density at radius 3 is 2.83 bits per heavy atom. The minimum atomic E-state index is -3.31. The molecule has 1 rings (SSSR count). The Labute approximate surface area is 108 Å². The zero-order valence-electron chi connectivity index (χ0n) is 10.8. The second kappa shape index (κ2) is 7.06. The predicted molar refractivity (Wildman–Crippen MR) is 68.5 cm³/mol. The van der Waals surface area contributed by atoms with Gasteiger partial charge in [-0.15, -0.1) is 0 Å². The van der Waals surface area contributed by atoms with E-state index < -0.39 is 16.1 Å². The van der Waals surface area contributed by atoms with Crippen molar-refractivity contribution in [2.75, 3.05) is 25.4 Å². The van der Waals surface area contributed by atoms with Gasteiger partial charge in [-0.3, -0.25) is 4.79 Å². The number of aliphatic hydroxyl groups excluding tert-OH is 1. The summed E-state index contributed by atoms with van der Waals surface area (Å²) in [6.45, 7) is 2.64. The normalized spacial score (nSPS) is 21.1. The van der Waals surface area contributed by atoms with E-state index in [-0.39, 0.29) is 18.3 Å². The molecule has 0 aromatic heterocycles. The number of hydrogen-bond acceptors (Lipinski definition) is 4. The fourth-order valence-corrected chi connectivity index (χ4v) is 3.87. The lowest BCUT2D eigenvalue weighted by Gasteiger charge is -2.23. The van der Waals surface area contributed by atoms with Gasteiger partial charge in [0.2, 0.25) is 15.9 Å². The van der Waals surface area contributed by atoms with E-state index in [1.165, 1.54) is 4.31 Å². The summed E-state index contributed by atoms with van der Waals surface area (Å²) >= 11 is 0. The number of rotatable bonds is 7. The lowest BCUT2D eigenvalue weighted by molar-refractivity contribution is -0.124. The number of nitrogens with zero attached hydrogens (tertiary/aromatic N) is 1. The number of carbonyl (C=O) groups is 1. The van der Waals surface area contributed by atoms with E-state index in [9.17, 15) is 13.2 Å². The van der Waals surface area contributed by atoms with E-state index in [0.29, 0.717) is 32.4 Å². The van der Waals surface area contributed by atoms with Gasteiger partial charge in [0, 0.05) is 19.7 Å². The van der Waals surface area contributed by atoms with Crippen LogP contribution in [-0.4, -0.2) is 55.2 Å². The average Bonchev–Trinajstić information content (AvgIpc) is 2.78. The molecule has 106 valence electrons. The Balaban J connectivity index is 2.61. The second-order valence-corrected chi connectivity index (χ2v) is 6.49. The Morgan fingerprint density at radius 1 is 1.50 bits per heavy atom. The Morgan fingerprint density at radius 2 is 2.22 bits per heavy atom. The maximum atomic E-state index is 12.0. The van der Waals surface area contributed by atoms with E-state index in [0.717, 1.165) is 6.42 Å². The van der Waals surface area contributed by atoms with Crippen molar-refractivity contribution < 1.29 is 18.3 Å². The van der Waals surface area contributed by atoms with Gasteiger partial charge in [-0.1, -0.05) is 6.92 Å². The van der Waals surface area contributed by atoms with E-state index >= 15 is 0 Å². The minimum Gasteiger partial charge on any atom is -0.396 e. The van der Waals surface area contributed by atoms with Crippen LogP contribution in [0, 0.1) is 0 Å². The SMILES string of the molecule is CCCS(=O)(=O)N1CCCC1C(=O)NCCCO. The van der Waals surface area contributed by atoms with Crippen LogP contribution in [0.1, 0.15) is 32.6 Å². The summed E-state index contributed by atoms with van der Waals surface area (Å²) in [6, 6.07) is -0.569. The first-order valence-electron chi connectivity index (χ1n) is 6.41. The first-order valence-corrected chi connectivity index (χ1v) is 8.02. The fourth-order valence-electron chi connectivity index (χ4n) is 2.12. The van der Waals surface area contributed by atoms with Crippen LogP contribution in [0.2, 0.25) is 0 Å². The van der Waals surface area contributed by atoms with Crippen LogP contribution in [0.15, 0.2) is 0 Å². The molecule has 0 aliphatic carbocycles. The molecule has 1 unspecified atom stereocenters. The van der Waals surface area contributed by atoms with Crippen molar-refractivity contribution in [1.29, 1.82) is 0 Å². The first-order chi connectivity index (χ1) is 8.53. The largest absolute Gasteiger partial charge is 0.396 e. The van der Waals surface area contributed by atoms with Crippen molar-refractivity contribution in [3.05, 3.63) is 0 Å². The summed E-state index contributed by atoms with van der Waals surface area (Å²) in [6.07, 6.45) is 2.34. The monoisotopic (exact) mass is 278 g/mol. The smallest absolute Gasteiger partial charge is 0.238 e. The lowest BCUT2D eigenvalue weighted by atomic mass is 10.2. The summed E-state index contributed by atoms with van der Waals surface area (Å²) < 4.78 is 25.3. The minimum absolute atomic E-state index is 0.0167. The Kier molecular flexibility index (Phi) is 6.04. The molecule has 6 nitrogen and oxygen atoms in total. The highest BCUT2D eigenvalue weighted by Gasteiger charge is 2.37. The van der Waals surface area contributed by atoms with Gasteiger partial charge in [0.05, 0.1) is 5.75 Å². The molecule has 0 saturated carbocycles. The molecule has 1 aliphatic heterocycles. The fraction of sp³-hybridized carbons (Fsp3) is 0.909. The molecular weight excluding hydrogens is 256 g/mol. The maximum absolute atomic E-state index is 12.0. The summed E-state index contributed by atoms with van der Waals surface area (Å²) in [7, 11) is -3.31. The number of carbonyl (C=O) groups excluding carboxylic acids is 1. The van der Waals surface area contributed by atoms with Crippen LogP contribution in [0.25, 0.3) is 0 Å². The number of amides is 1. The van der Waals surface area contributed by atoms with Gasteiger partial charge >= 0.3 is 0 Å². The van der Waals surface area contributed by atoms with Gasteiger partial charge in [0.25, 0.3) is 0 Å². The predicted octanol–water partition coefficient (Wildman–Crippen LogP) is -0.311. The molecule has 1 atom stereocenters. The Bertz CT molecular complexity index is 369. The van der Waals surface area contributed by atoms with Gasteiger partial charge in [-0.2, -0.15) is 4.31 Å². The molecule has 0 radical (unpaired) electrons. The lowest BCUT2D eigenvalue weighted by Crippen LogP contribution is -2.46. The summed E-state index contributed by atoms with van der Waals surface area (Å²) in [4.78, 5) is 11.9. The van der Waals surface area contributed by atoms with Gasteiger partial charge in [0.1, 0.15) is 6.04 Å². The molecule has 0 aromatic rings. The molecule has 1 heterocycles. The number of hydrogen-bond donors (Lipinski definition) is 2. The molecule has 2 N–H and O–H groups in total. The third kappa shape index (κ3) is 3.93. The number of nitrogens with one attached hydrogen (secondary N) is 1. The van der Waals surface area contributed by atoms with Gasteiger partial charge in [0.15, 0.2) is 0 Å². The quantitative estimate of drug-likeness (QED) is 0.625. The van der Waals surface area contributed by atoms with Crippen LogP contribution < -0.4 is 5.32 Å². The van der Waals surface area contributed by atoms with Crippen molar-refractivity contribution >= 4 is 15.9 Å². The van der Waals surface area contributed by atoms with Crippen LogP contribution >= 0.6 is 0 Å². The molecule has 1 amide bonds. The van der Waals surface area contributed by atoms with E-state index in [1.54, 1.807) is 0 Å². The van der Waals surface area contributed by atoms with Crippen molar-refractivity contribution in [1.82, 2.24) is 9.62 Å². The molecule has 1 aliphatic rings. The maximum Gasteiger partial charge on any atom is 0.238 e. The zero-order chi connectivity index (χ0) is 13.6. The molecule has 0 aromatic carbocycles. The average molecular weight is 278 g/mol. The molecule has 1 saturated heterocycles. The third-order valence-electron chi connectivity index (χ3n) is 2.96. The van der Waals surface area contributed by atoms with E-state index in [1.807, 2.05) is 6.92 Å². The van der Waals surface area contributed by atoms with Crippen molar-refractivity contribution in [2.45, 2.75) is 38.6 Å². The topological polar surface area (TPSA) is 86.7 Å². The highest BCUT2D eigenvalue weighted by Crippen LogP contribution is 2.21. The van der Waals surface area contributed by atoms with Crippen molar-refractivity contribution in [3.8, 4) is 0 Å². The summed E-state index contributed by atoms with van der Waals surface area (Å²) in [5.74, 6) is -0.159. The molecule has 1 fully saturated rings. The van der Waals surface area contributed by atoms with Gasteiger partial charge in [-0.05, 0) is 25.7 Å². The third-order valence-corrected chi connectivity index (χ3v) is 5.04. The molecule has 18 heavy (non-hydrogen) atoms. The van der Waals surface area contributed by atoms with Crippen molar-refractivity contribution in [3.63, 3.8) is 0 Å². The van der Waals surface area contributed by atoms with E-state index in [4.69, 9.17) is 5.11 Å². The highest BCUT2D eigenvalue weighted by atomic mass is 32.2. The molecule has 0 bridgehead atoms. The van der Waals surface area contributed by atoms with Crippen LogP contribution in [-0.2, 0) is 14.8 Å².